The van der Waals surface area contributed by atoms with E-state index in [0.29, 0.717) is 0 Å². The maximum atomic E-state index is 11.2. The Morgan fingerprint density at radius 1 is 0.789 bits per heavy atom. The maximum Gasteiger partial charge on any atom is 0.115 e. The molecule has 0 aliphatic heterocycles. The van der Waals surface area contributed by atoms with Crippen molar-refractivity contribution in [2.45, 2.75) is 24.9 Å². The van der Waals surface area contributed by atoms with Gasteiger partial charge >= 0.3 is 0 Å². The van der Waals surface area contributed by atoms with Gasteiger partial charge in [-0.3, -0.25) is 0 Å². The molecule has 0 amide bonds. The van der Waals surface area contributed by atoms with Gasteiger partial charge in [0.15, 0.2) is 0 Å². The second-order valence-corrected chi connectivity index (χ2v) is 5.53. The Bertz CT molecular complexity index is 442. The first kappa shape index (κ1) is 14.3. The first-order chi connectivity index (χ1) is 9.27. The van der Waals surface area contributed by atoms with Crippen molar-refractivity contribution in [1.29, 1.82) is 0 Å². The molecular weight excluding hydrogens is 300 g/mol. The molecule has 0 aromatic heterocycles. The maximum absolute atomic E-state index is 11.2. The van der Waals surface area contributed by atoms with E-state index in [4.69, 9.17) is 0 Å². The summed E-state index contributed by atoms with van der Waals surface area (Å²) in [5, 5.41) is 12.1. The van der Waals surface area contributed by atoms with Gasteiger partial charge in [0.05, 0.1) is 0 Å². The van der Waals surface area contributed by atoms with Crippen molar-refractivity contribution >= 4 is 15.9 Å². The lowest BCUT2D eigenvalue weighted by molar-refractivity contribution is 0.0686. The predicted octanol–water partition coefficient (Wildman–Crippen LogP) is 4.49. The molecule has 0 fully saturated rings. The first-order valence-corrected chi connectivity index (χ1v) is 7.79. The summed E-state index contributed by atoms with van der Waals surface area (Å²) in [7, 11) is 0. The van der Waals surface area contributed by atoms with Crippen molar-refractivity contribution < 1.29 is 5.11 Å². The molecule has 2 aromatic carbocycles. The van der Waals surface area contributed by atoms with Gasteiger partial charge in [0.2, 0.25) is 0 Å². The molecule has 2 aromatic rings. The fraction of sp³-hybridized carbons (Fsp3) is 0.294. The Morgan fingerprint density at radius 2 is 1.26 bits per heavy atom. The Hall–Kier alpha value is -1.12. The summed E-state index contributed by atoms with van der Waals surface area (Å²) in [6.45, 7) is 0. The van der Waals surface area contributed by atoms with Gasteiger partial charge in [-0.15, -0.1) is 0 Å². The van der Waals surface area contributed by atoms with Gasteiger partial charge in [0.1, 0.15) is 5.60 Å². The third-order valence-corrected chi connectivity index (χ3v) is 3.99. The van der Waals surface area contributed by atoms with E-state index in [9.17, 15) is 5.11 Å². The minimum Gasteiger partial charge on any atom is -0.380 e. The number of hydrogen-bond acceptors (Lipinski definition) is 1. The van der Waals surface area contributed by atoms with Crippen LogP contribution in [0.1, 0.15) is 30.4 Å². The van der Waals surface area contributed by atoms with E-state index in [0.717, 1.165) is 35.7 Å². The number of hydrogen-bond donors (Lipinski definition) is 1. The standard InChI is InChI=1S/C17H19BrO/c18-14-8-7-13-17(19,15-9-3-1-4-10-15)16-11-5-2-6-12-16/h1-6,9-12,19H,7-8,13-14H2. The molecule has 2 rings (SSSR count). The van der Waals surface area contributed by atoms with Gasteiger partial charge in [-0.2, -0.15) is 0 Å². The molecular formula is C17H19BrO. The molecule has 2 heteroatoms. The van der Waals surface area contributed by atoms with Crippen LogP contribution in [-0.4, -0.2) is 10.4 Å². The van der Waals surface area contributed by atoms with E-state index in [1.165, 1.54) is 0 Å². The topological polar surface area (TPSA) is 20.2 Å². The molecule has 0 saturated heterocycles. The Labute approximate surface area is 123 Å². The smallest absolute Gasteiger partial charge is 0.115 e. The van der Waals surface area contributed by atoms with Crippen LogP contribution >= 0.6 is 15.9 Å². The summed E-state index contributed by atoms with van der Waals surface area (Å²) in [6, 6.07) is 19.9. The van der Waals surface area contributed by atoms with Gasteiger partial charge in [-0.05, 0) is 30.4 Å². The van der Waals surface area contributed by atoms with Crippen LogP contribution in [0.15, 0.2) is 60.7 Å². The lowest BCUT2D eigenvalue weighted by Gasteiger charge is -2.29. The van der Waals surface area contributed by atoms with Crippen LogP contribution in [0, 0.1) is 0 Å². The van der Waals surface area contributed by atoms with Crippen molar-refractivity contribution in [2.24, 2.45) is 0 Å². The van der Waals surface area contributed by atoms with Crippen LogP contribution in [0.25, 0.3) is 0 Å². The molecule has 0 aliphatic rings. The van der Waals surface area contributed by atoms with Gasteiger partial charge in [-0.1, -0.05) is 76.6 Å². The highest BCUT2D eigenvalue weighted by molar-refractivity contribution is 9.09. The highest BCUT2D eigenvalue weighted by Crippen LogP contribution is 2.34. The second kappa shape index (κ2) is 6.88. The lowest BCUT2D eigenvalue weighted by Crippen LogP contribution is -2.27. The van der Waals surface area contributed by atoms with Crippen molar-refractivity contribution in [3.8, 4) is 0 Å². The quantitative estimate of drug-likeness (QED) is 0.614. The molecule has 1 nitrogen and oxygen atoms in total. The zero-order chi connectivity index (χ0) is 13.6. The number of unbranched alkanes of at least 4 members (excludes halogenated alkanes) is 1. The Morgan fingerprint density at radius 3 is 1.68 bits per heavy atom. The molecule has 0 bridgehead atoms. The second-order valence-electron chi connectivity index (χ2n) is 4.74. The van der Waals surface area contributed by atoms with Gasteiger partial charge < -0.3 is 5.11 Å². The van der Waals surface area contributed by atoms with E-state index in [2.05, 4.69) is 15.9 Å². The van der Waals surface area contributed by atoms with Gasteiger partial charge in [-0.25, -0.2) is 0 Å². The summed E-state index contributed by atoms with van der Waals surface area (Å²) in [4.78, 5) is 0. The fourth-order valence-electron chi connectivity index (χ4n) is 2.36. The molecule has 0 unspecified atom stereocenters. The number of benzene rings is 2. The van der Waals surface area contributed by atoms with E-state index in [1.807, 2.05) is 60.7 Å². The summed E-state index contributed by atoms with van der Waals surface area (Å²) >= 11 is 3.45. The first-order valence-electron chi connectivity index (χ1n) is 6.67. The minimum absolute atomic E-state index is 0.743. The Balaban J connectivity index is 2.33. The molecule has 1 N–H and O–H groups in total. The third-order valence-electron chi connectivity index (χ3n) is 3.42. The zero-order valence-corrected chi connectivity index (χ0v) is 12.5. The Kier molecular flexibility index (Phi) is 5.17. The molecule has 0 radical (unpaired) electrons. The zero-order valence-electron chi connectivity index (χ0n) is 10.9. The van der Waals surface area contributed by atoms with Crippen LogP contribution in [0.5, 0.6) is 0 Å². The third kappa shape index (κ3) is 3.46. The normalized spacial score (nSPS) is 11.5. The van der Waals surface area contributed by atoms with Crippen LogP contribution in [0.2, 0.25) is 0 Å². The molecule has 0 saturated carbocycles. The fourth-order valence-corrected chi connectivity index (χ4v) is 2.75. The van der Waals surface area contributed by atoms with Crippen LogP contribution in [0.4, 0.5) is 0 Å². The minimum atomic E-state index is -0.884. The summed E-state index contributed by atoms with van der Waals surface area (Å²) in [5.41, 5.74) is 1.05. The SMILES string of the molecule is OC(CCCCBr)(c1ccccc1)c1ccccc1. The molecule has 100 valence electrons. The average molecular weight is 319 g/mol. The van der Waals surface area contributed by atoms with Gasteiger partial charge in [0.25, 0.3) is 0 Å². The number of rotatable bonds is 6. The van der Waals surface area contributed by atoms with Crippen LogP contribution < -0.4 is 0 Å². The lowest BCUT2D eigenvalue weighted by atomic mass is 9.82. The van der Waals surface area contributed by atoms with Crippen molar-refractivity contribution in [1.82, 2.24) is 0 Å². The molecule has 0 atom stereocenters. The molecule has 19 heavy (non-hydrogen) atoms. The highest BCUT2D eigenvalue weighted by Gasteiger charge is 2.30. The van der Waals surface area contributed by atoms with E-state index >= 15 is 0 Å². The molecule has 0 aliphatic carbocycles. The van der Waals surface area contributed by atoms with E-state index < -0.39 is 5.60 Å². The van der Waals surface area contributed by atoms with Crippen LogP contribution in [-0.2, 0) is 5.60 Å². The molecule has 0 spiro atoms. The van der Waals surface area contributed by atoms with Crippen molar-refractivity contribution in [3.05, 3.63) is 71.8 Å². The number of halogens is 1. The number of alkyl halides is 1. The average Bonchev–Trinajstić information content (AvgIpc) is 2.49. The predicted molar refractivity (Wildman–Crippen MR) is 83.5 cm³/mol. The van der Waals surface area contributed by atoms with E-state index in [1.54, 1.807) is 0 Å². The summed E-state index contributed by atoms with van der Waals surface area (Å²) in [5.74, 6) is 0. The summed E-state index contributed by atoms with van der Waals surface area (Å²) < 4.78 is 0. The van der Waals surface area contributed by atoms with E-state index in [-0.39, 0.29) is 0 Å². The largest absolute Gasteiger partial charge is 0.380 e. The number of aliphatic hydroxyl groups is 1. The van der Waals surface area contributed by atoms with Crippen molar-refractivity contribution in [3.63, 3.8) is 0 Å². The van der Waals surface area contributed by atoms with Crippen LogP contribution in [0.3, 0.4) is 0 Å². The summed E-state index contributed by atoms with van der Waals surface area (Å²) in [6.07, 6.45) is 2.81. The van der Waals surface area contributed by atoms with Crippen molar-refractivity contribution in [2.75, 3.05) is 5.33 Å². The highest BCUT2D eigenvalue weighted by atomic mass is 79.9. The van der Waals surface area contributed by atoms with Gasteiger partial charge in [0, 0.05) is 5.33 Å². The monoisotopic (exact) mass is 318 g/mol. The molecule has 0 heterocycles.